The maximum Gasteiger partial charge on any atom is 0.263 e. The normalized spacial score (nSPS) is 12.5. The molecule has 5 heteroatoms. The van der Waals surface area contributed by atoms with Crippen LogP contribution < -0.4 is 5.56 Å². The molecule has 0 amide bonds. The van der Waals surface area contributed by atoms with Crippen molar-refractivity contribution in [2.24, 2.45) is 0 Å². The lowest BCUT2D eigenvalue weighted by Crippen LogP contribution is -2.12. The Labute approximate surface area is 315 Å². The summed E-state index contributed by atoms with van der Waals surface area (Å²) in [5.74, 6) is 0. The van der Waals surface area contributed by atoms with E-state index in [1.54, 1.807) is 0 Å². The van der Waals surface area contributed by atoms with E-state index in [1.165, 1.54) is 62.2 Å². The van der Waals surface area contributed by atoms with Crippen LogP contribution in [0.5, 0.6) is 0 Å². The number of nitrogens with zero attached hydrogens (tertiary/aromatic N) is 2. The van der Waals surface area contributed by atoms with Crippen LogP contribution in [0.25, 0.3) is 117 Å². The van der Waals surface area contributed by atoms with Gasteiger partial charge in [0.25, 0.3) is 5.56 Å². The lowest BCUT2D eigenvalue weighted by atomic mass is 9.98. The summed E-state index contributed by atoms with van der Waals surface area (Å²) < 4.78 is 9.74. The molecule has 0 fully saturated rings. The Morgan fingerprint density at radius 1 is 0.389 bits per heavy atom. The Hall–Kier alpha value is -6.53. The highest BCUT2D eigenvalue weighted by Crippen LogP contribution is 2.52. The maximum absolute atomic E-state index is 14.1. The molecule has 0 aliphatic carbocycles. The molecule has 8 aromatic carbocycles. The van der Waals surface area contributed by atoms with Crippen LogP contribution in [0.2, 0.25) is 0 Å². The van der Waals surface area contributed by atoms with E-state index in [-0.39, 0.29) is 5.56 Å². The molecule has 0 atom stereocenters. The Morgan fingerprint density at radius 3 is 1.69 bits per heavy atom. The summed E-state index contributed by atoms with van der Waals surface area (Å²) in [4.78, 5) is 14.1. The molecule has 13 rings (SSSR count). The van der Waals surface area contributed by atoms with Gasteiger partial charge in [-0.15, -0.1) is 22.7 Å². The van der Waals surface area contributed by atoms with Crippen LogP contribution in [0.15, 0.2) is 163 Å². The van der Waals surface area contributed by atoms with Crippen molar-refractivity contribution in [1.29, 1.82) is 0 Å². The summed E-state index contributed by atoms with van der Waals surface area (Å²) in [5.41, 5.74) is 7.80. The highest BCUT2D eigenvalue weighted by atomic mass is 32.1. The standard InChI is InChI=1S/C49H26N2OS2/c52-49-33-25-22-28(26-37(33)32-15-9-14-31-30-10-1-5-16-38(30)51(49)45(31)32)27-20-23-29(24-21-27)50-39-17-6-2-11-34(39)42-46(50)43-35-12-3-7-18-40(35)53-48(43)44-36-13-4-8-19-41(36)54-47(42)44/h1-26H. The maximum atomic E-state index is 14.1. The molecule has 0 aliphatic heterocycles. The highest BCUT2D eigenvalue weighted by molar-refractivity contribution is 7.30. The number of fused-ring (bicyclic) bond motifs is 17. The predicted octanol–water partition coefficient (Wildman–Crippen LogP) is 13.7. The number of hydrogen-bond donors (Lipinski definition) is 0. The lowest BCUT2D eigenvalue weighted by Gasteiger charge is -2.12. The van der Waals surface area contributed by atoms with Crippen molar-refractivity contribution in [3.05, 3.63) is 168 Å². The fourth-order valence-electron chi connectivity index (χ4n) is 9.38. The molecular weight excluding hydrogens is 697 g/mol. The number of para-hydroxylation sites is 3. The van der Waals surface area contributed by atoms with E-state index in [0.29, 0.717) is 0 Å². The smallest absolute Gasteiger partial charge is 0.263 e. The van der Waals surface area contributed by atoms with Crippen molar-refractivity contribution in [2.45, 2.75) is 0 Å². The number of thiophene rings is 2. The molecule has 0 bridgehead atoms. The van der Waals surface area contributed by atoms with Gasteiger partial charge in [0.05, 0.1) is 22.1 Å². The quantitative estimate of drug-likeness (QED) is 0.163. The molecule has 5 aromatic heterocycles. The summed E-state index contributed by atoms with van der Waals surface area (Å²) in [6.45, 7) is 0. The number of aromatic nitrogens is 2. The third-order valence-electron chi connectivity index (χ3n) is 11.7. The Kier molecular flexibility index (Phi) is 5.54. The van der Waals surface area contributed by atoms with Gasteiger partial charge in [-0.3, -0.25) is 9.20 Å². The monoisotopic (exact) mass is 722 g/mol. The first-order valence-corrected chi connectivity index (χ1v) is 19.9. The molecule has 13 aromatic rings. The van der Waals surface area contributed by atoms with Gasteiger partial charge in [-0.25, -0.2) is 0 Å². The average Bonchev–Trinajstić information content (AvgIpc) is 3.98. The van der Waals surface area contributed by atoms with E-state index in [9.17, 15) is 4.79 Å². The Balaban J connectivity index is 1.07. The molecule has 0 saturated heterocycles. The molecule has 0 unspecified atom stereocenters. The number of hydrogen-bond acceptors (Lipinski definition) is 3. The van der Waals surface area contributed by atoms with Crippen molar-refractivity contribution in [2.75, 3.05) is 0 Å². The zero-order valence-electron chi connectivity index (χ0n) is 28.6. The summed E-state index contributed by atoms with van der Waals surface area (Å²) in [6, 6.07) is 56.6. The van der Waals surface area contributed by atoms with Crippen molar-refractivity contribution < 1.29 is 0 Å². The third-order valence-corrected chi connectivity index (χ3v) is 14.0. The minimum atomic E-state index is 0.0307. The second kappa shape index (κ2) is 10.3. The van der Waals surface area contributed by atoms with E-state index in [4.69, 9.17) is 0 Å². The molecule has 0 saturated carbocycles. The van der Waals surface area contributed by atoms with Gasteiger partial charge in [0, 0.05) is 78.3 Å². The Morgan fingerprint density at radius 2 is 0.944 bits per heavy atom. The van der Waals surface area contributed by atoms with E-state index in [2.05, 4.69) is 138 Å². The van der Waals surface area contributed by atoms with Crippen molar-refractivity contribution >= 4 is 123 Å². The zero-order chi connectivity index (χ0) is 35.2. The minimum Gasteiger partial charge on any atom is -0.309 e. The predicted molar refractivity (Wildman–Crippen MR) is 233 cm³/mol. The van der Waals surface area contributed by atoms with E-state index in [1.807, 2.05) is 51.3 Å². The van der Waals surface area contributed by atoms with Crippen molar-refractivity contribution in [3.8, 4) is 16.8 Å². The van der Waals surface area contributed by atoms with Gasteiger partial charge in [0.2, 0.25) is 0 Å². The highest BCUT2D eigenvalue weighted by Gasteiger charge is 2.24. The van der Waals surface area contributed by atoms with Gasteiger partial charge in [0.15, 0.2) is 0 Å². The molecule has 0 radical (unpaired) electrons. The summed E-state index contributed by atoms with van der Waals surface area (Å²) in [5, 5.41) is 13.0. The first-order valence-electron chi connectivity index (χ1n) is 18.2. The lowest BCUT2D eigenvalue weighted by molar-refractivity contribution is 1.19. The van der Waals surface area contributed by atoms with Crippen LogP contribution in [-0.4, -0.2) is 8.97 Å². The second-order valence-corrected chi connectivity index (χ2v) is 16.5. The summed E-state index contributed by atoms with van der Waals surface area (Å²) in [6.07, 6.45) is 0. The van der Waals surface area contributed by atoms with Crippen LogP contribution >= 0.6 is 22.7 Å². The van der Waals surface area contributed by atoms with Crippen LogP contribution in [0.4, 0.5) is 0 Å². The summed E-state index contributed by atoms with van der Waals surface area (Å²) >= 11 is 3.83. The second-order valence-electron chi connectivity index (χ2n) is 14.3. The molecule has 3 nitrogen and oxygen atoms in total. The minimum absolute atomic E-state index is 0.0307. The number of rotatable bonds is 2. The van der Waals surface area contributed by atoms with Crippen molar-refractivity contribution in [1.82, 2.24) is 8.97 Å². The first kappa shape index (κ1) is 29.0. The first-order chi connectivity index (χ1) is 26.7. The van der Waals surface area contributed by atoms with Crippen LogP contribution in [0.1, 0.15) is 0 Å². The van der Waals surface area contributed by atoms with Crippen LogP contribution in [-0.2, 0) is 0 Å². The molecule has 5 heterocycles. The van der Waals surface area contributed by atoms with Gasteiger partial charge in [-0.2, -0.15) is 0 Å². The van der Waals surface area contributed by atoms with Gasteiger partial charge in [0.1, 0.15) is 0 Å². The summed E-state index contributed by atoms with van der Waals surface area (Å²) in [7, 11) is 0. The van der Waals surface area contributed by atoms with E-state index >= 15 is 0 Å². The fraction of sp³-hybridized carbons (Fsp3) is 0. The van der Waals surface area contributed by atoms with E-state index < -0.39 is 0 Å². The SMILES string of the molecule is O=c1c2ccc(-c3ccc(-n4c5ccccc5c5c6sc7ccccc7c6c6sc7ccccc7c6c54)cc3)cc2c2cccc3c4ccccc4n1c23. The van der Waals surface area contributed by atoms with Gasteiger partial charge < -0.3 is 4.57 Å². The van der Waals surface area contributed by atoms with E-state index in [0.717, 1.165) is 54.8 Å². The third kappa shape index (κ3) is 3.58. The van der Waals surface area contributed by atoms with Gasteiger partial charge in [-0.05, 0) is 65.0 Å². The zero-order valence-corrected chi connectivity index (χ0v) is 30.3. The molecule has 250 valence electrons. The topological polar surface area (TPSA) is 26.4 Å². The molecule has 0 spiro atoms. The van der Waals surface area contributed by atoms with Crippen LogP contribution in [0, 0.1) is 0 Å². The number of benzene rings is 8. The van der Waals surface area contributed by atoms with Gasteiger partial charge >= 0.3 is 0 Å². The molecule has 54 heavy (non-hydrogen) atoms. The molecular formula is C49H26N2OS2. The van der Waals surface area contributed by atoms with Gasteiger partial charge in [-0.1, -0.05) is 109 Å². The Bertz CT molecular complexity index is 3770. The number of pyridine rings is 1. The largest absolute Gasteiger partial charge is 0.309 e. The van der Waals surface area contributed by atoms with Crippen LogP contribution in [0.3, 0.4) is 0 Å². The molecule has 0 aliphatic rings. The van der Waals surface area contributed by atoms with Crippen molar-refractivity contribution in [3.63, 3.8) is 0 Å². The average molecular weight is 723 g/mol. The fourth-order valence-corrected chi connectivity index (χ4v) is 12.0. The molecule has 0 N–H and O–H groups in total.